The van der Waals surface area contributed by atoms with Crippen molar-refractivity contribution in [3.05, 3.63) is 0 Å². The quantitative estimate of drug-likeness (QED) is 0.764. The van der Waals surface area contributed by atoms with Crippen LogP contribution in [0.4, 0.5) is 0 Å². The van der Waals surface area contributed by atoms with Crippen molar-refractivity contribution in [2.45, 2.75) is 46.1 Å². The van der Waals surface area contributed by atoms with Crippen LogP contribution in [-0.2, 0) is 9.59 Å². The topological polar surface area (TPSA) is 69.6 Å². The summed E-state index contributed by atoms with van der Waals surface area (Å²) in [5.41, 5.74) is 0. The maximum atomic E-state index is 11.8. The van der Waals surface area contributed by atoms with E-state index >= 15 is 0 Å². The second-order valence-corrected chi connectivity index (χ2v) is 5.82. The van der Waals surface area contributed by atoms with Crippen molar-refractivity contribution in [3.63, 3.8) is 0 Å². The molecule has 0 saturated carbocycles. The first-order valence-electron chi connectivity index (χ1n) is 7.16. The second kappa shape index (κ2) is 7.48. The molecule has 1 rings (SSSR count). The minimum atomic E-state index is -0.753. The van der Waals surface area contributed by atoms with Gasteiger partial charge in [0.05, 0.1) is 0 Å². The molecule has 0 aromatic heterocycles. The Hall–Kier alpha value is -1.10. The number of nitrogens with one attached hydrogen (secondary N) is 1. The molecule has 5 nitrogen and oxygen atoms in total. The molecule has 0 aliphatic carbocycles. The van der Waals surface area contributed by atoms with Gasteiger partial charge in [0.15, 0.2) is 0 Å². The first kappa shape index (κ1) is 16.0. The molecule has 1 aliphatic heterocycles. The maximum absolute atomic E-state index is 11.8. The van der Waals surface area contributed by atoms with Crippen molar-refractivity contribution in [2.75, 3.05) is 19.6 Å². The molecule has 1 amide bonds. The average Bonchev–Trinajstić information content (AvgIpc) is 2.27. The van der Waals surface area contributed by atoms with Crippen LogP contribution >= 0.6 is 0 Å². The van der Waals surface area contributed by atoms with Crippen LogP contribution < -0.4 is 5.32 Å². The monoisotopic (exact) mass is 270 g/mol. The number of carbonyl (C=O) groups excluding carboxylic acids is 1. The van der Waals surface area contributed by atoms with Crippen LogP contribution in [0.15, 0.2) is 0 Å². The van der Waals surface area contributed by atoms with Crippen molar-refractivity contribution in [1.82, 2.24) is 10.2 Å². The highest BCUT2D eigenvalue weighted by atomic mass is 16.4. The highest BCUT2D eigenvalue weighted by molar-refractivity contribution is 5.78. The van der Waals surface area contributed by atoms with Crippen LogP contribution in [0, 0.1) is 11.8 Å². The highest BCUT2D eigenvalue weighted by Gasteiger charge is 2.29. The summed E-state index contributed by atoms with van der Waals surface area (Å²) in [6, 6.07) is 0.0829. The molecule has 110 valence electrons. The van der Waals surface area contributed by atoms with E-state index in [-0.39, 0.29) is 30.2 Å². The molecule has 0 radical (unpaired) electrons. The van der Waals surface area contributed by atoms with Gasteiger partial charge in [-0.3, -0.25) is 9.59 Å². The van der Waals surface area contributed by atoms with Gasteiger partial charge in [-0.05, 0) is 25.3 Å². The SMILES string of the molecule is CCCN1CC(CC(=O)O)CC(NC(=O)C(C)C)C1. The smallest absolute Gasteiger partial charge is 0.303 e. The standard InChI is InChI=1S/C14H26N2O3/c1-4-5-16-8-11(7-13(17)18)6-12(9-16)15-14(19)10(2)3/h10-12H,4-9H2,1-3H3,(H,15,19)(H,17,18). The van der Waals surface area contributed by atoms with Crippen molar-refractivity contribution in [1.29, 1.82) is 0 Å². The fraction of sp³-hybridized carbons (Fsp3) is 0.857. The summed E-state index contributed by atoms with van der Waals surface area (Å²) in [4.78, 5) is 24.9. The van der Waals surface area contributed by atoms with E-state index in [1.54, 1.807) is 0 Å². The third-order valence-corrected chi connectivity index (χ3v) is 3.49. The molecule has 0 spiro atoms. The normalized spacial score (nSPS) is 24.4. The third-order valence-electron chi connectivity index (χ3n) is 3.49. The first-order valence-corrected chi connectivity index (χ1v) is 7.16. The Labute approximate surface area is 115 Å². The Morgan fingerprint density at radius 2 is 2.05 bits per heavy atom. The van der Waals surface area contributed by atoms with Crippen LogP contribution in [0.1, 0.15) is 40.0 Å². The van der Waals surface area contributed by atoms with Crippen molar-refractivity contribution < 1.29 is 14.7 Å². The summed E-state index contributed by atoms with van der Waals surface area (Å²) in [6.07, 6.45) is 2.00. The lowest BCUT2D eigenvalue weighted by atomic mass is 9.91. The van der Waals surface area contributed by atoms with E-state index in [9.17, 15) is 9.59 Å². The van der Waals surface area contributed by atoms with E-state index < -0.39 is 5.97 Å². The van der Waals surface area contributed by atoms with Crippen LogP contribution in [0.2, 0.25) is 0 Å². The van der Waals surface area contributed by atoms with E-state index in [0.717, 1.165) is 32.5 Å². The van der Waals surface area contributed by atoms with Crippen LogP contribution in [0.25, 0.3) is 0 Å². The molecular formula is C14H26N2O3. The molecule has 1 heterocycles. The van der Waals surface area contributed by atoms with E-state index in [4.69, 9.17) is 5.11 Å². The number of aliphatic carboxylic acids is 1. The zero-order valence-electron chi connectivity index (χ0n) is 12.2. The van der Waals surface area contributed by atoms with Gasteiger partial charge >= 0.3 is 5.97 Å². The number of piperidine rings is 1. The summed E-state index contributed by atoms with van der Waals surface area (Å²) >= 11 is 0. The number of amides is 1. The Kier molecular flexibility index (Phi) is 6.28. The molecule has 0 bridgehead atoms. The first-order chi connectivity index (χ1) is 8.92. The van der Waals surface area contributed by atoms with Gasteiger partial charge in [-0.15, -0.1) is 0 Å². The number of likely N-dealkylation sites (tertiary alicyclic amines) is 1. The van der Waals surface area contributed by atoms with Crippen LogP contribution in [-0.4, -0.2) is 47.6 Å². The summed E-state index contributed by atoms with van der Waals surface area (Å²) in [5, 5.41) is 12.0. The van der Waals surface area contributed by atoms with Gasteiger partial charge in [0.2, 0.25) is 5.91 Å². The lowest BCUT2D eigenvalue weighted by molar-refractivity contribution is -0.138. The Morgan fingerprint density at radius 1 is 1.37 bits per heavy atom. The Balaban J connectivity index is 2.59. The summed E-state index contributed by atoms with van der Waals surface area (Å²) in [5.74, 6) is -0.593. The van der Waals surface area contributed by atoms with Crippen LogP contribution in [0.5, 0.6) is 0 Å². The molecule has 19 heavy (non-hydrogen) atoms. The number of carboxylic acids is 1. The molecule has 2 N–H and O–H groups in total. The molecule has 0 aromatic rings. The fourth-order valence-corrected chi connectivity index (χ4v) is 2.67. The Bertz CT molecular complexity index is 318. The van der Waals surface area contributed by atoms with Gasteiger partial charge in [-0.25, -0.2) is 0 Å². The molecule has 1 saturated heterocycles. The molecule has 5 heteroatoms. The van der Waals surface area contributed by atoms with Gasteiger partial charge < -0.3 is 15.3 Å². The zero-order valence-corrected chi connectivity index (χ0v) is 12.2. The molecule has 1 fully saturated rings. The lowest BCUT2D eigenvalue weighted by Crippen LogP contribution is -2.52. The number of rotatable bonds is 6. The van der Waals surface area contributed by atoms with Crippen molar-refractivity contribution >= 4 is 11.9 Å². The van der Waals surface area contributed by atoms with Gasteiger partial charge in [0, 0.05) is 31.5 Å². The predicted octanol–water partition coefficient (Wildman–Crippen LogP) is 1.33. The number of hydrogen-bond donors (Lipinski definition) is 2. The van der Waals surface area contributed by atoms with Crippen molar-refractivity contribution in [2.24, 2.45) is 11.8 Å². The Morgan fingerprint density at radius 3 is 2.58 bits per heavy atom. The fourth-order valence-electron chi connectivity index (χ4n) is 2.67. The number of carbonyl (C=O) groups is 2. The molecule has 1 aliphatic rings. The molecule has 0 aromatic carbocycles. The van der Waals surface area contributed by atoms with E-state index in [0.29, 0.717) is 0 Å². The van der Waals surface area contributed by atoms with Gasteiger partial charge in [-0.2, -0.15) is 0 Å². The van der Waals surface area contributed by atoms with Crippen LogP contribution in [0.3, 0.4) is 0 Å². The van der Waals surface area contributed by atoms with E-state index in [2.05, 4.69) is 17.1 Å². The number of carboxylic acid groups (broad SMARTS) is 1. The number of nitrogens with zero attached hydrogens (tertiary/aromatic N) is 1. The third kappa shape index (κ3) is 5.59. The summed E-state index contributed by atoms with van der Waals surface area (Å²) in [7, 11) is 0. The summed E-state index contributed by atoms with van der Waals surface area (Å²) in [6.45, 7) is 8.48. The summed E-state index contributed by atoms with van der Waals surface area (Å²) < 4.78 is 0. The molecule has 2 unspecified atom stereocenters. The maximum Gasteiger partial charge on any atom is 0.303 e. The van der Waals surface area contributed by atoms with Gasteiger partial charge in [-0.1, -0.05) is 20.8 Å². The largest absolute Gasteiger partial charge is 0.481 e. The minimum Gasteiger partial charge on any atom is -0.481 e. The molecular weight excluding hydrogens is 244 g/mol. The van der Waals surface area contributed by atoms with E-state index in [1.165, 1.54) is 0 Å². The molecule has 2 atom stereocenters. The van der Waals surface area contributed by atoms with E-state index in [1.807, 2.05) is 13.8 Å². The minimum absolute atomic E-state index is 0.0283. The number of hydrogen-bond acceptors (Lipinski definition) is 3. The van der Waals surface area contributed by atoms with Gasteiger partial charge in [0.1, 0.15) is 0 Å². The average molecular weight is 270 g/mol. The zero-order chi connectivity index (χ0) is 14.4. The second-order valence-electron chi connectivity index (χ2n) is 5.82. The highest BCUT2D eigenvalue weighted by Crippen LogP contribution is 2.20. The van der Waals surface area contributed by atoms with Gasteiger partial charge in [0.25, 0.3) is 0 Å². The van der Waals surface area contributed by atoms with Crippen molar-refractivity contribution in [3.8, 4) is 0 Å². The lowest BCUT2D eigenvalue weighted by Gasteiger charge is -2.37. The predicted molar refractivity (Wildman–Crippen MR) is 73.9 cm³/mol.